The monoisotopic (exact) mass is 261 g/mol. The number of hydrogen-bond donors (Lipinski definition) is 1. The van der Waals surface area contributed by atoms with Gasteiger partial charge in [0.2, 0.25) is 0 Å². The summed E-state index contributed by atoms with van der Waals surface area (Å²) in [6, 6.07) is 1.35. The summed E-state index contributed by atoms with van der Waals surface area (Å²) in [5, 5.41) is 9.29. The van der Waals surface area contributed by atoms with Gasteiger partial charge in [0.15, 0.2) is 0 Å². The number of nitrogens with zero attached hydrogens (tertiary/aromatic N) is 3. The maximum Gasteiger partial charge on any atom is 0.308 e. The summed E-state index contributed by atoms with van der Waals surface area (Å²) in [5.74, 6) is -0.774. The number of aliphatic carboxylic acids is 1. The Hall–Kier alpha value is -1.36. The van der Waals surface area contributed by atoms with Crippen molar-refractivity contribution in [2.45, 2.75) is 56.8 Å². The molecule has 1 N–H and O–H groups in total. The maximum absolute atomic E-state index is 11.3. The summed E-state index contributed by atoms with van der Waals surface area (Å²) in [5.41, 5.74) is 1.26. The van der Waals surface area contributed by atoms with Crippen LogP contribution in [0.5, 0.6) is 0 Å². The number of fused-ring (bicyclic) bond motifs is 2. The van der Waals surface area contributed by atoms with E-state index in [2.05, 4.69) is 14.5 Å². The minimum Gasteiger partial charge on any atom is -0.481 e. The van der Waals surface area contributed by atoms with Gasteiger partial charge in [-0.05, 0) is 32.1 Å². The molecule has 0 spiro atoms. The second-order valence-electron chi connectivity index (χ2n) is 6.17. The van der Waals surface area contributed by atoms with Crippen LogP contribution in [0.4, 0.5) is 0 Å². The molecule has 1 saturated carbocycles. The highest BCUT2D eigenvalue weighted by molar-refractivity contribution is 5.71. The van der Waals surface area contributed by atoms with Crippen LogP contribution in [0.15, 0.2) is 12.5 Å². The Morgan fingerprint density at radius 3 is 2.79 bits per heavy atom. The Labute approximate surface area is 112 Å². The van der Waals surface area contributed by atoms with E-state index in [1.807, 2.05) is 12.5 Å². The van der Waals surface area contributed by atoms with Gasteiger partial charge in [0, 0.05) is 30.9 Å². The second kappa shape index (κ2) is 4.07. The van der Waals surface area contributed by atoms with E-state index in [4.69, 9.17) is 0 Å². The molecule has 19 heavy (non-hydrogen) atoms. The van der Waals surface area contributed by atoms with Crippen LogP contribution in [-0.2, 0) is 11.3 Å². The minimum absolute atomic E-state index is 0.156. The van der Waals surface area contributed by atoms with Gasteiger partial charge in [0.1, 0.15) is 0 Å². The average Bonchev–Trinajstić information content (AvgIpc) is 2.90. The number of rotatable bonds is 4. The number of aromatic nitrogens is 2. The molecule has 1 aromatic rings. The molecule has 3 fully saturated rings. The largest absolute Gasteiger partial charge is 0.481 e. The highest BCUT2D eigenvalue weighted by Gasteiger charge is 2.49. The van der Waals surface area contributed by atoms with E-state index < -0.39 is 5.97 Å². The van der Waals surface area contributed by atoms with E-state index in [9.17, 15) is 9.90 Å². The summed E-state index contributed by atoms with van der Waals surface area (Å²) < 4.78 is 2.29. The van der Waals surface area contributed by atoms with Gasteiger partial charge in [-0.15, -0.1) is 0 Å². The predicted octanol–water partition coefficient (Wildman–Crippen LogP) is 1.66. The Morgan fingerprint density at radius 1 is 1.32 bits per heavy atom. The van der Waals surface area contributed by atoms with E-state index in [1.165, 1.54) is 18.5 Å². The number of hydrogen-bond acceptors (Lipinski definition) is 3. The van der Waals surface area contributed by atoms with Crippen molar-refractivity contribution in [3.05, 3.63) is 18.2 Å². The molecule has 2 aliphatic heterocycles. The fourth-order valence-corrected chi connectivity index (χ4v) is 3.94. The molecule has 0 radical (unpaired) electrons. The second-order valence-corrected chi connectivity index (χ2v) is 6.17. The normalized spacial score (nSPS) is 34.0. The SMILES string of the molecule is O=C(O)C1CC2CCC1N2Cc1cncn1C1CC1. The number of imidazole rings is 1. The van der Waals surface area contributed by atoms with E-state index in [-0.39, 0.29) is 12.0 Å². The van der Waals surface area contributed by atoms with Crippen molar-refractivity contribution in [3.8, 4) is 0 Å². The summed E-state index contributed by atoms with van der Waals surface area (Å²) in [6.07, 6.45) is 9.43. The standard InChI is InChI=1S/C14H19N3O2/c18-14(19)12-5-10-3-4-13(12)16(10)7-11-6-15-8-17(11)9-1-2-9/h6,8-10,12-13H,1-5,7H2,(H,18,19). The molecule has 0 aromatic carbocycles. The molecule has 2 bridgehead atoms. The molecular weight excluding hydrogens is 242 g/mol. The Morgan fingerprint density at radius 2 is 2.11 bits per heavy atom. The molecule has 102 valence electrons. The van der Waals surface area contributed by atoms with Crippen molar-refractivity contribution >= 4 is 5.97 Å². The lowest BCUT2D eigenvalue weighted by Crippen LogP contribution is -2.33. The van der Waals surface area contributed by atoms with Gasteiger partial charge >= 0.3 is 5.97 Å². The smallest absolute Gasteiger partial charge is 0.308 e. The first-order chi connectivity index (χ1) is 9.24. The van der Waals surface area contributed by atoms with Crippen LogP contribution in [0.3, 0.4) is 0 Å². The zero-order valence-corrected chi connectivity index (χ0v) is 10.9. The van der Waals surface area contributed by atoms with Gasteiger partial charge in [-0.2, -0.15) is 0 Å². The Bertz CT molecular complexity index is 509. The van der Waals surface area contributed by atoms with Gasteiger partial charge in [-0.1, -0.05) is 0 Å². The molecule has 5 nitrogen and oxygen atoms in total. The number of carboxylic acid groups (broad SMARTS) is 1. The molecule has 3 heterocycles. The highest BCUT2D eigenvalue weighted by Crippen LogP contribution is 2.43. The number of carboxylic acids is 1. The van der Waals surface area contributed by atoms with Crippen molar-refractivity contribution in [1.82, 2.24) is 14.5 Å². The van der Waals surface area contributed by atoms with E-state index in [0.29, 0.717) is 12.1 Å². The zero-order valence-electron chi connectivity index (χ0n) is 10.9. The lowest BCUT2D eigenvalue weighted by Gasteiger charge is -2.23. The van der Waals surface area contributed by atoms with Crippen molar-refractivity contribution in [3.63, 3.8) is 0 Å². The molecule has 3 aliphatic rings. The molecule has 1 aromatic heterocycles. The third kappa shape index (κ3) is 1.79. The number of carbonyl (C=O) groups is 1. The van der Waals surface area contributed by atoms with Gasteiger partial charge in [0.25, 0.3) is 0 Å². The quantitative estimate of drug-likeness (QED) is 0.895. The first kappa shape index (κ1) is 11.5. The molecular formula is C14H19N3O2. The summed E-state index contributed by atoms with van der Waals surface area (Å²) in [4.78, 5) is 18.0. The maximum atomic E-state index is 11.3. The van der Waals surface area contributed by atoms with Crippen LogP contribution in [0.2, 0.25) is 0 Å². The van der Waals surface area contributed by atoms with E-state index in [0.717, 1.165) is 25.8 Å². The fraction of sp³-hybridized carbons (Fsp3) is 0.714. The predicted molar refractivity (Wildman–Crippen MR) is 68.6 cm³/mol. The van der Waals surface area contributed by atoms with Crippen LogP contribution in [0, 0.1) is 5.92 Å². The molecule has 1 aliphatic carbocycles. The summed E-state index contributed by atoms with van der Waals surface area (Å²) in [6.45, 7) is 0.871. The van der Waals surface area contributed by atoms with Crippen LogP contribution >= 0.6 is 0 Å². The van der Waals surface area contributed by atoms with Crippen molar-refractivity contribution in [2.75, 3.05) is 0 Å². The van der Waals surface area contributed by atoms with E-state index in [1.54, 1.807) is 0 Å². The molecule has 5 heteroatoms. The lowest BCUT2D eigenvalue weighted by atomic mass is 9.89. The molecule has 0 amide bonds. The average molecular weight is 261 g/mol. The molecule has 3 unspecified atom stereocenters. The Kier molecular flexibility index (Phi) is 2.45. The van der Waals surface area contributed by atoms with Crippen LogP contribution in [0.25, 0.3) is 0 Å². The zero-order chi connectivity index (χ0) is 13.0. The first-order valence-electron chi connectivity index (χ1n) is 7.23. The lowest BCUT2D eigenvalue weighted by molar-refractivity contribution is -0.142. The summed E-state index contributed by atoms with van der Waals surface area (Å²) >= 11 is 0. The topological polar surface area (TPSA) is 58.4 Å². The van der Waals surface area contributed by atoms with Gasteiger partial charge in [-0.3, -0.25) is 9.69 Å². The highest BCUT2D eigenvalue weighted by atomic mass is 16.4. The third-order valence-electron chi connectivity index (χ3n) is 5.03. The third-order valence-corrected chi connectivity index (χ3v) is 5.03. The molecule has 2 saturated heterocycles. The first-order valence-corrected chi connectivity index (χ1v) is 7.23. The van der Waals surface area contributed by atoms with Crippen molar-refractivity contribution in [2.24, 2.45) is 5.92 Å². The van der Waals surface area contributed by atoms with Gasteiger partial charge < -0.3 is 9.67 Å². The van der Waals surface area contributed by atoms with Crippen LogP contribution in [-0.4, -0.2) is 37.6 Å². The van der Waals surface area contributed by atoms with Crippen LogP contribution in [0.1, 0.15) is 43.8 Å². The molecule has 4 rings (SSSR count). The molecule has 3 atom stereocenters. The van der Waals surface area contributed by atoms with Crippen molar-refractivity contribution in [1.29, 1.82) is 0 Å². The van der Waals surface area contributed by atoms with Gasteiger partial charge in [-0.25, -0.2) is 4.98 Å². The van der Waals surface area contributed by atoms with Crippen LogP contribution < -0.4 is 0 Å². The van der Waals surface area contributed by atoms with Crippen molar-refractivity contribution < 1.29 is 9.90 Å². The summed E-state index contributed by atoms with van der Waals surface area (Å²) in [7, 11) is 0. The Balaban J connectivity index is 1.54. The van der Waals surface area contributed by atoms with Gasteiger partial charge in [0.05, 0.1) is 17.9 Å². The van der Waals surface area contributed by atoms with E-state index >= 15 is 0 Å². The minimum atomic E-state index is -0.618. The fourth-order valence-electron chi connectivity index (χ4n) is 3.94.